The molecule has 0 unspecified atom stereocenters. The number of carboxylic acids is 1. The molecule has 2 aromatic carbocycles. The summed E-state index contributed by atoms with van der Waals surface area (Å²) >= 11 is 2.30. The van der Waals surface area contributed by atoms with Gasteiger partial charge in [-0.25, -0.2) is 4.79 Å². The van der Waals surface area contributed by atoms with Crippen LogP contribution in [0.5, 0.6) is 0 Å². The summed E-state index contributed by atoms with van der Waals surface area (Å²) in [5.74, 6) is -0.936. The lowest BCUT2D eigenvalue weighted by molar-refractivity contribution is 0.0697. The highest BCUT2D eigenvalue weighted by molar-refractivity contribution is 14.1. The predicted octanol–water partition coefficient (Wildman–Crippen LogP) is 4.84. The van der Waals surface area contributed by atoms with Gasteiger partial charge in [0.2, 0.25) is 0 Å². The van der Waals surface area contributed by atoms with Gasteiger partial charge in [0.15, 0.2) is 0 Å². The number of benzene rings is 2. The van der Waals surface area contributed by atoms with E-state index in [0.717, 1.165) is 17.1 Å². The topological polar surface area (TPSA) is 54.6 Å². The first-order valence-electron chi connectivity index (χ1n) is 7.36. The SMILES string of the molecule is Cc1cc(N=Cc2cccn2-c2cccc(C(=O)O)c2)ccc1I. The monoisotopic (exact) mass is 430 g/mol. The number of aromatic nitrogens is 1. The highest BCUT2D eigenvalue weighted by atomic mass is 127. The van der Waals surface area contributed by atoms with Crippen molar-refractivity contribution in [1.82, 2.24) is 4.57 Å². The molecule has 3 aromatic rings. The van der Waals surface area contributed by atoms with Crippen LogP contribution in [-0.2, 0) is 0 Å². The molecule has 0 saturated heterocycles. The van der Waals surface area contributed by atoms with Crippen molar-refractivity contribution in [3.63, 3.8) is 0 Å². The van der Waals surface area contributed by atoms with Crippen molar-refractivity contribution in [3.8, 4) is 5.69 Å². The Morgan fingerprint density at radius 2 is 2.00 bits per heavy atom. The molecule has 1 N–H and O–H groups in total. The average Bonchev–Trinajstić information content (AvgIpc) is 3.04. The Morgan fingerprint density at radius 1 is 1.17 bits per heavy atom. The summed E-state index contributed by atoms with van der Waals surface area (Å²) < 4.78 is 3.12. The van der Waals surface area contributed by atoms with E-state index in [1.807, 2.05) is 47.2 Å². The van der Waals surface area contributed by atoms with Gasteiger partial charge in [-0.1, -0.05) is 6.07 Å². The van der Waals surface area contributed by atoms with E-state index < -0.39 is 5.97 Å². The number of carboxylic acid groups (broad SMARTS) is 1. The number of aliphatic imine (C=N–C) groups is 1. The molecular formula is C19H15IN2O2. The Hall–Kier alpha value is -2.41. The molecule has 0 amide bonds. The number of hydrogen-bond donors (Lipinski definition) is 1. The Labute approximate surface area is 153 Å². The number of nitrogens with zero attached hydrogens (tertiary/aromatic N) is 2. The fourth-order valence-corrected chi connectivity index (χ4v) is 2.71. The fourth-order valence-electron chi connectivity index (χ4n) is 2.37. The number of aryl methyl sites for hydroxylation is 1. The van der Waals surface area contributed by atoms with Crippen LogP contribution in [0.2, 0.25) is 0 Å². The lowest BCUT2D eigenvalue weighted by Gasteiger charge is -2.07. The van der Waals surface area contributed by atoms with E-state index in [1.165, 1.54) is 9.13 Å². The number of carbonyl (C=O) groups is 1. The number of aromatic carboxylic acids is 1. The third-order valence-corrected chi connectivity index (χ3v) is 4.85. The molecule has 0 aliphatic rings. The fraction of sp³-hybridized carbons (Fsp3) is 0.0526. The van der Waals surface area contributed by atoms with E-state index in [9.17, 15) is 4.79 Å². The zero-order chi connectivity index (χ0) is 17.1. The summed E-state index contributed by atoms with van der Waals surface area (Å²) in [5.41, 5.74) is 4.01. The third kappa shape index (κ3) is 3.56. The lowest BCUT2D eigenvalue weighted by Crippen LogP contribution is -2.01. The van der Waals surface area contributed by atoms with Crippen LogP contribution in [0.25, 0.3) is 5.69 Å². The number of halogens is 1. The summed E-state index contributed by atoms with van der Waals surface area (Å²) in [7, 11) is 0. The summed E-state index contributed by atoms with van der Waals surface area (Å²) in [5, 5.41) is 9.14. The lowest BCUT2D eigenvalue weighted by atomic mass is 10.2. The van der Waals surface area contributed by atoms with Gasteiger partial charge in [0, 0.05) is 15.5 Å². The number of rotatable bonds is 4. The molecule has 0 aliphatic heterocycles. The van der Waals surface area contributed by atoms with Crippen LogP contribution in [0.15, 0.2) is 65.8 Å². The Morgan fingerprint density at radius 3 is 2.75 bits per heavy atom. The van der Waals surface area contributed by atoms with Crippen molar-refractivity contribution in [2.75, 3.05) is 0 Å². The predicted molar refractivity (Wildman–Crippen MR) is 104 cm³/mol. The zero-order valence-electron chi connectivity index (χ0n) is 13.0. The molecule has 3 rings (SSSR count). The van der Waals surface area contributed by atoms with Gasteiger partial charge in [0.25, 0.3) is 0 Å². The molecule has 24 heavy (non-hydrogen) atoms. The van der Waals surface area contributed by atoms with E-state index in [-0.39, 0.29) is 5.56 Å². The van der Waals surface area contributed by atoms with Crippen LogP contribution >= 0.6 is 22.6 Å². The van der Waals surface area contributed by atoms with Gasteiger partial charge < -0.3 is 9.67 Å². The Bertz CT molecular complexity index is 929. The maximum atomic E-state index is 11.1. The molecule has 120 valence electrons. The van der Waals surface area contributed by atoms with Crippen molar-refractivity contribution in [2.45, 2.75) is 6.92 Å². The van der Waals surface area contributed by atoms with Crippen LogP contribution in [0.4, 0.5) is 5.69 Å². The second-order valence-corrected chi connectivity index (χ2v) is 6.51. The maximum Gasteiger partial charge on any atom is 0.335 e. The van der Waals surface area contributed by atoms with Gasteiger partial charge in [-0.2, -0.15) is 0 Å². The smallest absolute Gasteiger partial charge is 0.335 e. The summed E-state index contributed by atoms with van der Waals surface area (Å²) in [6, 6.07) is 16.7. The van der Waals surface area contributed by atoms with Crippen LogP contribution < -0.4 is 0 Å². The molecule has 0 spiro atoms. The van der Waals surface area contributed by atoms with Gasteiger partial charge in [0.1, 0.15) is 0 Å². The van der Waals surface area contributed by atoms with Crippen LogP contribution in [-0.4, -0.2) is 21.9 Å². The molecule has 1 heterocycles. The molecule has 0 radical (unpaired) electrons. The molecule has 0 saturated carbocycles. The van der Waals surface area contributed by atoms with E-state index in [2.05, 4.69) is 34.5 Å². The molecular weight excluding hydrogens is 415 g/mol. The first-order chi connectivity index (χ1) is 11.5. The average molecular weight is 430 g/mol. The summed E-state index contributed by atoms with van der Waals surface area (Å²) in [6.07, 6.45) is 3.68. The Balaban J connectivity index is 1.93. The normalized spacial score (nSPS) is 11.1. The third-order valence-electron chi connectivity index (χ3n) is 3.64. The van der Waals surface area contributed by atoms with Crippen molar-refractivity contribution < 1.29 is 9.90 Å². The van der Waals surface area contributed by atoms with Gasteiger partial charge in [-0.05, 0) is 83.6 Å². The minimum absolute atomic E-state index is 0.261. The van der Waals surface area contributed by atoms with Crippen LogP contribution in [0, 0.1) is 10.5 Å². The molecule has 5 heteroatoms. The van der Waals surface area contributed by atoms with Crippen LogP contribution in [0.3, 0.4) is 0 Å². The zero-order valence-corrected chi connectivity index (χ0v) is 15.1. The molecule has 4 nitrogen and oxygen atoms in total. The van der Waals surface area contributed by atoms with Crippen molar-refractivity contribution >= 4 is 40.5 Å². The van der Waals surface area contributed by atoms with E-state index >= 15 is 0 Å². The highest BCUT2D eigenvalue weighted by Crippen LogP contribution is 2.20. The van der Waals surface area contributed by atoms with Crippen LogP contribution in [0.1, 0.15) is 21.6 Å². The quantitative estimate of drug-likeness (QED) is 0.476. The number of hydrogen-bond acceptors (Lipinski definition) is 2. The van der Waals surface area contributed by atoms with Gasteiger partial charge >= 0.3 is 5.97 Å². The second kappa shape index (κ2) is 7.00. The largest absolute Gasteiger partial charge is 0.478 e. The molecule has 0 atom stereocenters. The van der Waals surface area contributed by atoms with E-state index in [4.69, 9.17) is 5.11 Å². The van der Waals surface area contributed by atoms with Gasteiger partial charge in [0.05, 0.1) is 23.2 Å². The van der Waals surface area contributed by atoms with Gasteiger partial charge in [-0.3, -0.25) is 4.99 Å². The first kappa shape index (κ1) is 16.4. The first-order valence-corrected chi connectivity index (χ1v) is 8.44. The van der Waals surface area contributed by atoms with E-state index in [0.29, 0.717) is 0 Å². The van der Waals surface area contributed by atoms with Crippen molar-refractivity contribution in [2.24, 2.45) is 4.99 Å². The van der Waals surface area contributed by atoms with Gasteiger partial charge in [-0.15, -0.1) is 0 Å². The maximum absolute atomic E-state index is 11.1. The molecule has 1 aromatic heterocycles. The van der Waals surface area contributed by atoms with E-state index in [1.54, 1.807) is 24.4 Å². The molecule has 0 fully saturated rings. The second-order valence-electron chi connectivity index (χ2n) is 5.35. The highest BCUT2D eigenvalue weighted by Gasteiger charge is 2.06. The molecule has 0 aliphatic carbocycles. The molecule has 0 bridgehead atoms. The Kier molecular flexibility index (Phi) is 4.80. The standard InChI is InChI=1S/C19H15IN2O2/c1-13-10-15(7-8-18(13)20)21-12-17-6-3-9-22(17)16-5-2-4-14(11-16)19(23)24/h2-12H,1H3,(H,23,24). The summed E-state index contributed by atoms with van der Waals surface area (Å²) in [6.45, 7) is 2.06. The minimum atomic E-state index is -0.936. The van der Waals surface area contributed by atoms with Crippen molar-refractivity contribution in [1.29, 1.82) is 0 Å². The minimum Gasteiger partial charge on any atom is -0.478 e. The van der Waals surface area contributed by atoms with Crippen molar-refractivity contribution in [3.05, 3.63) is 81.2 Å². The summed E-state index contributed by atoms with van der Waals surface area (Å²) in [4.78, 5) is 15.7.